The van der Waals surface area contributed by atoms with Crippen LogP contribution in [0.15, 0.2) is 47.4 Å². The van der Waals surface area contributed by atoms with E-state index in [1.165, 1.54) is 0 Å². The van der Waals surface area contributed by atoms with Gasteiger partial charge in [-0.3, -0.25) is 4.79 Å². The molecule has 1 N–H and O–H groups in total. The summed E-state index contributed by atoms with van der Waals surface area (Å²) < 4.78 is 29.9. The number of carbonyl (C=O) groups excluding carboxylic acids is 1. The largest absolute Gasteiger partial charge is 0.492 e. The molecule has 5 nitrogen and oxygen atoms in total. The van der Waals surface area contributed by atoms with Crippen LogP contribution >= 0.6 is 23.2 Å². The van der Waals surface area contributed by atoms with Crippen molar-refractivity contribution in [2.75, 3.05) is 12.4 Å². The van der Waals surface area contributed by atoms with Crippen molar-refractivity contribution in [1.82, 2.24) is 5.32 Å². The smallest absolute Gasteiger partial charge is 0.220 e. The van der Waals surface area contributed by atoms with Gasteiger partial charge in [-0.25, -0.2) is 8.42 Å². The van der Waals surface area contributed by atoms with E-state index < -0.39 is 9.84 Å². The summed E-state index contributed by atoms with van der Waals surface area (Å²) >= 11 is 12.0. The number of ether oxygens (including phenoxy) is 1. The molecule has 2 aromatic carbocycles. The van der Waals surface area contributed by atoms with Gasteiger partial charge in [-0.1, -0.05) is 47.5 Å². The van der Waals surface area contributed by atoms with Crippen LogP contribution in [0.4, 0.5) is 0 Å². The van der Waals surface area contributed by atoms with Crippen LogP contribution in [0.25, 0.3) is 0 Å². The summed E-state index contributed by atoms with van der Waals surface area (Å²) in [6, 6.07) is 11.7. The molecule has 0 bridgehead atoms. The van der Waals surface area contributed by atoms with Gasteiger partial charge in [0.15, 0.2) is 9.84 Å². The second-order valence-corrected chi connectivity index (χ2v) is 9.13. The van der Waals surface area contributed by atoms with E-state index in [1.54, 1.807) is 42.5 Å². The Bertz CT molecular complexity index is 946. The summed E-state index contributed by atoms with van der Waals surface area (Å²) in [6.45, 7) is 0.323. The van der Waals surface area contributed by atoms with Gasteiger partial charge in [0.1, 0.15) is 10.8 Å². The van der Waals surface area contributed by atoms with Crippen molar-refractivity contribution in [3.63, 3.8) is 0 Å². The van der Waals surface area contributed by atoms with Crippen LogP contribution in [0.2, 0.25) is 10.0 Å². The zero-order valence-electron chi connectivity index (χ0n) is 14.5. The highest BCUT2D eigenvalue weighted by atomic mass is 35.5. The Morgan fingerprint density at radius 2 is 1.93 bits per heavy atom. The average molecular weight is 428 g/mol. The number of sulfone groups is 1. The highest BCUT2D eigenvalue weighted by Crippen LogP contribution is 2.32. The summed E-state index contributed by atoms with van der Waals surface area (Å²) in [7, 11) is -3.26. The van der Waals surface area contributed by atoms with Crippen LogP contribution in [0.1, 0.15) is 30.9 Å². The highest BCUT2D eigenvalue weighted by molar-refractivity contribution is 7.91. The first-order valence-corrected chi connectivity index (χ1v) is 11.0. The molecule has 0 spiro atoms. The van der Waals surface area contributed by atoms with Gasteiger partial charge in [-0.15, -0.1) is 0 Å². The van der Waals surface area contributed by atoms with Crippen molar-refractivity contribution in [3.8, 4) is 5.75 Å². The molecule has 8 heteroatoms. The summed E-state index contributed by atoms with van der Waals surface area (Å²) in [5, 5.41) is 3.69. The lowest BCUT2D eigenvalue weighted by molar-refractivity contribution is -0.122. The molecular weight excluding hydrogens is 409 g/mol. The van der Waals surface area contributed by atoms with Gasteiger partial charge < -0.3 is 10.1 Å². The third-order valence-electron chi connectivity index (χ3n) is 4.36. The number of fused-ring (bicyclic) bond motifs is 1. The molecule has 0 saturated carbocycles. The van der Waals surface area contributed by atoms with E-state index in [4.69, 9.17) is 27.9 Å². The number of hydrogen-bond donors (Lipinski definition) is 1. The van der Waals surface area contributed by atoms with Crippen LogP contribution in [0.5, 0.6) is 5.75 Å². The molecule has 0 radical (unpaired) electrons. The van der Waals surface area contributed by atoms with Gasteiger partial charge in [0.05, 0.1) is 28.3 Å². The summed E-state index contributed by atoms with van der Waals surface area (Å²) in [4.78, 5) is 12.6. The second-order valence-electron chi connectivity index (χ2n) is 6.27. The molecular formula is C19H19Cl2NO4S. The number of carbonyl (C=O) groups is 1. The van der Waals surface area contributed by atoms with Crippen molar-refractivity contribution < 1.29 is 17.9 Å². The predicted molar refractivity (Wildman–Crippen MR) is 105 cm³/mol. The third-order valence-corrected chi connectivity index (χ3v) is 6.98. The Hall–Kier alpha value is -1.76. The maximum absolute atomic E-state index is 12.3. The molecule has 1 aliphatic rings. The van der Waals surface area contributed by atoms with E-state index in [1.807, 2.05) is 0 Å². The Morgan fingerprint density at radius 1 is 1.15 bits per heavy atom. The molecule has 1 heterocycles. The maximum Gasteiger partial charge on any atom is 0.220 e. The first kappa shape index (κ1) is 20.0. The van der Waals surface area contributed by atoms with E-state index in [0.717, 1.165) is 0 Å². The minimum absolute atomic E-state index is 0.0331. The topological polar surface area (TPSA) is 72.5 Å². The molecule has 1 amide bonds. The third kappa shape index (κ3) is 4.75. The molecule has 0 aromatic heterocycles. The zero-order valence-corrected chi connectivity index (χ0v) is 16.8. The number of amides is 1. The lowest BCUT2D eigenvalue weighted by atomic mass is 10.0. The average Bonchev–Trinajstić information content (AvgIpc) is 2.65. The van der Waals surface area contributed by atoms with Crippen molar-refractivity contribution in [2.45, 2.75) is 30.2 Å². The van der Waals surface area contributed by atoms with Gasteiger partial charge >= 0.3 is 0 Å². The lowest BCUT2D eigenvalue weighted by Crippen LogP contribution is -2.33. The fourth-order valence-corrected chi connectivity index (χ4v) is 4.98. The van der Waals surface area contributed by atoms with Crippen molar-refractivity contribution in [3.05, 3.63) is 58.1 Å². The fourth-order valence-electron chi connectivity index (χ4n) is 3.02. The molecule has 1 atom stereocenters. The number of benzene rings is 2. The van der Waals surface area contributed by atoms with E-state index in [9.17, 15) is 13.2 Å². The first-order chi connectivity index (χ1) is 12.9. The van der Waals surface area contributed by atoms with Crippen LogP contribution in [-0.2, 0) is 14.6 Å². The number of nitrogens with one attached hydrogen (secondary N) is 1. The molecule has 0 fully saturated rings. The molecule has 2 aromatic rings. The zero-order chi connectivity index (χ0) is 19.4. The molecule has 27 heavy (non-hydrogen) atoms. The number of hydrogen-bond acceptors (Lipinski definition) is 4. The van der Waals surface area contributed by atoms with Gasteiger partial charge in [0, 0.05) is 6.42 Å². The summed E-state index contributed by atoms with van der Waals surface area (Å²) in [6.07, 6.45) is 1.14. The highest BCUT2D eigenvalue weighted by Gasteiger charge is 2.30. The van der Waals surface area contributed by atoms with E-state index in [0.29, 0.717) is 45.7 Å². The Kier molecular flexibility index (Phi) is 6.29. The molecule has 144 valence electrons. The molecule has 3 rings (SSSR count). The predicted octanol–water partition coefficient (Wildman–Crippen LogP) is 4.19. The standard InChI is InChI=1S/C19H19Cl2NO4S/c20-14-6-3-7-16(19(14)21)26-11-4-9-18(23)22-15-10-12-27(24,25)17-8-2-1-5-13(15)17/h1-3,5-8,15H,4,9-12H2,(H,22,23). The van der Waals surface area contributed by atoms with E-state index in [2.05, 4.69) is 5.32 Å². The summed E-state index contributed by atoms with van der Waals surface area (Å²) in [5.74, 6) is 0.372. The van der Waals surface area contributed by atoms with Crippen molar-refractivity contribution >= 4 is 38.9 Å². The van der Waals surface area contributed by atoms with Gasteiger partial charge in [0.25, 0.3) is 0 Å². The Balaban J connectivity index is 1.52. The monoisotopic (exact) mass is 427 g/mol. The summed E-state index contributed by atoms with van der Waals surface area (Å²) in [5.41, 5.74) is 0.652. The molecule has 1 aliphatic heterocycles. The Morgan fingerprint density at radius 3 is 2.74 bits per heavy atom. The van der Waals surface area contributed by atoms with Gasteiger partial charge in [-0.2, -0.15) is 0 Å². The quantitative estimate of drug-likeness (QED) is 0.701. The van der Waals surface area contributed by atoms with Gasteiger partial charge in [-0.05, 0) is 36.6 Å². The lowest BCUT2D eigenvalue weighted by Gasteiger charge is -2.26. The number of halogens is 2. The molecule has 1 unspecified atom stereocenters. The van der Waals surface area contributed by atoms with Crippen molar-refractivity contribution in [1.29, 1.82) is 0 Å². The minimum Gasteiger partial charge on any atom is -0.492 e. The maximum atomic E-state index is 12.3. The van der Waals surface area contributed by atoms with E-state index >= 15 is 0 Å². The fraction of sp³-hybridized carbons (Fsp3) is 0.316. The molecule has 0 aliphatic carbocycles. The molecule has 0 saturated heterocycles. The minimum atomic E-state index is -3.26. The van der Waals surface area contributed by atoms with E-state index in [-0.39, 0.29) is 24.1 Å². The van der Waals surface area contributed by atoms with Crippen LogP contribution in [0.3, 0.4) is 0 Å². The number of rotatable bonds is 6. The second kappa shape index (κ2) is 8.50. The van der Waals surface area contributed by atoms with Crippen LogP contribution in [-0.4, -0.2) is 26.7 Å². The van der Waals surface area contributed by atoms with Crippen molar-refractivity contribution in [2.24, 2.45) is 0 Å². The Labute approximate surface area is 168 Å². The first-order valence-electron chi connectivity index (χ1n) is 8.56. The van der Waals surface area contributed by atoms with Crippen LogP contribution < -0.4 is 10.1 Å². The van der Waals surface area contributed by atoms with Gasteiger partial charge in [0.2, 0.25) is 5.91 Å². The normalized spacial score (nSPS) is 17.8. The SMILES string of the molecule is O=C(CCCOc1cccc(Cl)c1Cl)NC1CCS(=O)(=O)c2ccccc21. The van der Waals surface area contributed by atoms with Crippen LogP contribution in [0, 0.1) is 0 Å².